The largest absolute Gasteiger partial charge is 0.337 e. The van der Waals surface area contributed by atoms with Gasteiger partial charge in [0, 0.05) is 37.3 Å². The summed E-state index contributed by atoms with van der Waals surface area (Å²) in [4.78, 5) is 34.4. The van der Waals surface area contributed by atoms with E-state index in [1.807, 2.05) is 59.7 Å². The van der Waals surface area contributed by atoms with E-state index in [9.17, 15) is 18.4 Å². The molecule has 2 aromatic carbocycles. The Morgan fingerprint density at radius 1 is 1.17 bits per heavy atom. The zero-order chi connectivity index (χ0) is 25.8. The van der Waals surface area contributed by atoms with Gasteiger partial charge in [0.25, 0.3) is 5.91 Å². The van der Waals surface area contributed by atoms with Gasteiger partial charge in [-0.2, -0.15) is 0 Å². The number of hydrogen-bond donors (Lipinski definition) is 1. The highest BCUT2D eigenvalue weighted by molar-refractivity contribution is 6.04. The van der Waals surface area contributed by atoms with E-state index in [0.29, 0.717) is 25.2 Å². The van der Waals surface area contributed by atoms with E-state index in [4.69, 9.17) is 0 Å². The summed E-state index contributed by atoms with van der Waals surface area (Å²) in [6.07, 6.45) is 6.04. The third kappa shape index (κ3) is 5.79. The van der Waals surface area contributed by atoms with Crippen molar-refractivity contribution in [3.05, 3.63) is 71.3 Å². The van der Waals surface area contributed by atoms with Crippen molar-refractivity contribution in [2.24, 2.45) is 0 Å². The van der Waals surface area contributed by atoms with Crippen LogP contribution in [0.25, 0.3) is 11.0 Å². The van der Waals surface area contributed by atoms with Crippen LogP contribution in [0, 0.1) is 18.6 Å². The van der Waals surface area contributed by atoms with Crippen LogP contribution in [-0.4, -0.2) is 64.9 Å². The van der Waals surface area contributed by atoms with Crippen LogP contribution in [0.1, 0.15) is 41.2 Å². The number of aryl methyl sites for hydroxylation is 1. The first-order valence-corrected chi connectivity index (χ1v) is 12.1. The van der Waals surface area contributed by atoms with Gasteiger partial charge < -0.3 is 14.4 Å². The first kappa shape index (κ1) is 25.5. The lowest BCUT2D eigenvalue weighted by Gasteiger charge is -2.26. The Labute approximate surface area is 209 Å². The SMILES string of the molecule is Cc1cccc2nc(NC(=O)c3cc(F)cc(F)c3)n(C3CCCCN(C(=O)/C=C/CN(C)C)C3)c12. The van der Waals surface area contributed by atoms with Gasteiger partial charge in [-0.05, 0) is 64.0 Å². The highest BCUT2D eigenvalue weighted by Gasteiger charge is 2.27. The Bertz CT molecular complexity index is 1280. The first-order chi connectivity index (χ1) is 17.2. The molecule has 1 aromatic heterocycles. The lowest BCUT2D eigenvalue weighted by Crippen LogP contribution is -2.35. The van der Waals surface area contributed by atoms with Crippen LogP contribution in [0.2, 0.25) is 0 Å². The molecule has 9 heteroatoms. The minimum atomic E-state index is -0.829. The maximum absolute atomic E-state index is 13.7. The molecule has 0 spiro atoms. The van der Waals surface area contributed by atoms with Gasteiger partial charge in [0.1, 0.15) is 11.6 Å². The van der Waals surface area contributed by atoms with E-state index in [2.05, 4.69) is 10.3 Å². The number of likely N-dealkylation sites (tertiary alicyclic amines) is 1. The van der Waals surface area contributed by atoms with E-state index in [-0.39, 0.29) is 23.5 Å². The molecule has 1 aliphatic heterocycles. The summed E-state index contributed by atoms with van der Waals surface area (Å²) in [7, 11) is 3.88. The second kappa shape index (κ2) is 11.0. The normalized spacial score (nSPS) is 16.6. The minimum Gasteiger partial charge on any atom is -0.337 e. The summed E-state index contributed by atoms with van der Waals surface area (Å²) < 4.78 is 29.4. The van der Waals surface area contributed by atoms with Crippen molar-refractivity contribution in [3.63, 3.8) is 0 Å². The van der Waals surface area contributed by atoms with Crippen molar-refractivity contribution in [1.29, 1.82) is 0 Å². The molecule has 0 bridgehead atoms. The molecule has 0 saturated carbocycles. The van der Waals surface area contributed by atoms with E-state index >= 15 is 0 Å². The lowest BCUT2D eigenvalue weighted by molar-refractivity contribution is -0.126. The second-order valence-corrected chi connectivity index (χ2v) is 9.46. The average molecular weight is 496 g/mol. The van der Waals surface area contributed by atoms with E-state index < -0.39 is 17.5 Å². The van der Waals surface area contributed by atoms with Gasteiger partial charge >= 0.3 is 0 Å². The van der Waals surface area contributed by atoms with Crippen molar-refractivity contribution >= 4 is 28.8 Å². The van der Waals surface area contributed by atoms with E-state index in [1.165, 1.54) is 0 Å². The van der Waals surface area contributed by atoms with Crippen molar-refractivity contribution < 1.29 is 18.4 Å². The van der Waals surface area contributed by atoms with Gasteiger partial charge in [0.2, 0.25) is 11.9 Å². The first-order valence-electron chi connectivity index (χ1n) is 12.1. The van der Waals surface area contributed by atoms with Gasteiger partial charge in [-0.25, -0.2) is 13.8 Å². The number of imidazole rings is 1. The fraction of sp³-hybridized carbons (Fsp3) is 0.370. The molecule has 1 N–H and O–H groups in total. The van der Waals surface area contributed by atoms with Gasteiger partial charge in [-0.1, -0.05) is 18.2 Å². The molecule has 3 aromatic rings. The Hall–Kier alpha value is -3.59. The number of halogens is 2. The van der Waals surface area contributed by atoms with Crippen LogP contribution in [0.5, 0.6) is 0 Å². The fourth-order valence-electron chi connectivity index (χ4n) is 4.62. The van der Waals surface area contributed by atoms with Crippen LogP contribution in [-0.2, 0) is 4.79 Å². The van der Waals surface area contributed by atoms with Crippen LogP contribution >= 0.6 is 0 Å². The Morgan fingerprint density at radius 2 is 1.92 bits per heavy atom. The number of para-hydroxylation sites is 1. The van der Waals surface area contributed by atoms with E-state index in [1.54, 1.807) is 6.08 Å². The fourth-order valence-corrected chi connectivity index (χ4v) is 4.62. The Balaban J connectivity index is 1.68. The summed E-state index contributed by atoms with van der Waals surface area (Å²) in [5.41, 5.74) is 2.40. The molecular weight excluding hydrogens is 464 g/mol. The summed E-state index contributed by atoms with van der Waals surface area (Å²) in [6.45, 7) is 3.75. The number of anilines is 1. The number of likely N-dealkylation sites (N-methyl/N-ethyl adjacent to an activating group) is 1. The monoisotopic (exact) mass is 495 g/mol. The smallest absolute Gasteiger partial charge is 0.258 e. The summed E-state index contributed by atoms with van der Waals surface area (Å²) in [5, 5.41) is 2.76. The quantitative estimate of drug-likeness (QED) is 0.510. The van der Waals surface area contributed by atoms with Gasteiger partial charge in [0.15, 0.2) is 0 Å². The van der Waals surface area contributed by atoms with Crippen molar-refractivity contribution in [1.82, 2.24) is 19.4 Å². The number of aromatic nitrogens is 2. The third-order valence-electron chi connectivity index (χ3n) is 6.32. The molecule has 1 atom stereocenters. The van der Waals surface area contributed by atoms with E-state index in [0.717, 1.165) is 48.5 Å². The molecule has 7 nitrogen and oxygen atoms in total. The highest BCUT2D eigenvalue weighted by Crippen LogP contribution is 2.32. The van der Waals surface area contributed by atoms with Crippen LogP contribution in [0.3, 0.4) is 0 Å². The summed E-state index contributed by atoms with van der Waals surface area (Å²) in [6, 6.07) is 8.29. The number of carbonyl (C=O) groups is 2. The molecule has 4 rings (SSSR count). The number of fused-ring (bicyclic) bond motifs is 1. The maximum Gasteiger partial charge on any atom is 0.258 e. The molecule has 0 aliphatic carbocycles. The summed E-state index contributed by atoms with van der Waals surface area (Å²) in [5.74, 6) is -2.08. The molecule has 2 heterocycles. The average Bonchev–Trinajstić information content (AvgIpc) is 3.00. The molecule has 1 saturated heterocycles. The number of amides is 2. The molecule has 1 aliphatic rings. The van der Waals surface area contributed by atoms with Gasteiger partial charge in [-0.15, -0.1) is 0 Å². The topological polar surface area (TPSA) is 70.5 Å². The molecule has 190 valence electrons. The zero-order valence-corrected chi connectivity index (χ0v) is 20.8. The number of nitrogens with zero attached hydrogens (tertiary/aromatic N) is 4. The summed E-state index contributed by atoms with van der Waals surface area (Å²) >= 11 is 0. The molecular formula is C27H31F2N5O2. The van der Waals surface area contributed by atoms with Crippen LogP contribution < -0.4 is 5.32 Å². The molecule has 0 radical (unpaired) electrons. The number of rotatable bonds is 6. The third-order valence-corrected chi connectivity index (χ3v) is 6.32. The predicted octanol–water partition coefficient (Wildman–Crippen LogP) is 4.55. The lowest BCUT2D eigenvalue weighted by atomic mass is 10.1. The van der Waals surface area contributed by atoms with Crippen molar-refractivity contribution in [3.8, 4) is 0 Å². The highest BCUT2D eigenvalue weighted by atomic mass is 19.1. The molecule has 36 heavy (non-hydrogen) atoms. The van der Waals surface area contributed by atoms with Crippen LogP contribution in [0.4, 0.5) is 14.7 Å². The Morgan fingerprint density at radius 3 is 2.64 bits per heavy atom. The van der Waals surface area contributed by atoms with Crippen molar-refractivity contribution in [2.75, 3.05) is 39.0 Å². The number of hydrogen-bond acceptors (Lipinski definition) is 4. The number of carbonyl (C=O) groups excluding carboxylic acids is 2. The molecule has 2 amide bonds. The minimum absolute atomic E-state index is 0.0503. The van der Waals surface area contributed by atoms with Gasteiger partial charge in [0.05, 0.1) is 17.1 Å². The maximum atomic E-state index is 13.7. The van der Waals surface area contributed by atoms with Crippen molar-refractivity contribution in [2.45, 2.75) is 32.2 Å². The Kier molecular flexibility index (Phi) is 7.79. The molecule has 1 unspecified atom stereocenters. The number of benzene rings is 2. The standard InChI is InChI=1S/C27H31F2N5O2/c1-18-8-6-10-23-25(18)34(27(30-23)31-26(36)19-14-20(28)16-21(29)15-19)22-9-4-5-13-33(17-22)24(35)11-7-12-32(2)3/h6-8,10-11,14-16,22H,4-5,9,12-13,17H2,1-3H3,(H,30,31,36)/b11-7+. The van der Waals surface area contributed by atoms with Gasteiger partial charge in [-0.3, -0.25) is 14.9 Å². The van der Waals surface area contributed by atoms with Crippen LogP contribution in [0.15, 0.2) is 48.6 Å². The second-order valence-electron chi connectivity index (χ2n) is 9.46. The molecule has 1 fully saturated rings. The zero-order valence-electron chi connectivity index (χ0n) is 20.8. The predicted molar refractivity (Wildman–Crippen MR) is 136 cm³/mol. The number of nitrogens with one attached hydrogen (secondary N) is 1.